The molecule has 1 aliphatic rings. The SMILES string of the molecule is Cc1c(C(=O)O)ccn1CC1CC=CC1. The first-order valence-corrected chi connectivity index (χ1v) is 5.22. The zero-order chi connectivity index (χ0) is 10.8. The van der Waals surface area contributed by atoms with Gasteiger partial charge in [0.1, 0.15) is 0 Å². The summed E-state index contributed by atoms with van der Waals surface area (Å²) in [5.74, 6) is -0.200. The van der Waals surface area contributed by atoms with Crippen molar-refractivity contribution in [1.82, 2.24) is 4.57 Å². The predicted octanol–water partition coefficient (Wildman–Crippen LogP) is 2.46. The number of carbonyl (C=O) groups is 1. The number of carboxylic acid groups (broad SMARTS) is 1. The van der Waals surface area contributed by atoms with Crippen molar-refractivity contribution in [3.63, 3.8) is 0 Å². The molecule has 1 aromatic heterocycles. The van der Waals surface area contributed by atoms with E-state index in [9.17, 15) is 4.79 Å². The molecule has 1 N–H and O–H groups in total. The second kappa shape index (κ2) is 3.93. The van der Waals surface area contributed by atoms with Crippen molar-refractivity contribution in [2.24, 2.45) is 5.92 Å². The fourth-order valence-corrected chi connectivity index (χ4v) is 2.08. The molecule has 3 heteroatoms. The highest BCUT2D eigenvalue weighted by Crippen LogP contribution is 2.21. The fourth-order valence-electron chi connectivity index (χ4n) is 2.08. The highest BCUT2D eigenvalue weighted by Gasteiger charge is 2.15. The van der Waals surface area contributed by atoms with Gasteiger partial charge < -0.3 is 9.67 Å². The zero-order valence-electron chi connectivity index (χ0n) is 8.81. The van der Waals surface area contributed by atoms with Crippen LogP contribution in [0.15, 0.2) is 24.4 Å². The maximum Gasteiger partial charge on any atom is 0.337 e. The quantitative estimate of drug-likeness (QED) is 0.770. The van der Waals surface area contributed by atoms with Crippen molar-refractivity contribution >= 4 is 5.97 Å². The zero-order valence-corrected chi connectivity index (χ0v) is 8.81. The van der Waals surface area contributed by atoms with Crippen LogP contribution in [0.2, 0.25) is 0 Å². The van der Waals surface area contributed by atoms with Gasteiger partial charge in [0.2, 0.25) is 0 Å². The maximum atomic E-state index is 10.8. The average molecular weight is 205 g/mol. The third-order valence-corrected chi connectivity index (χ3v) is 3.03. The number of aromatic nitrogens is 1. The number of aromatic carboxylic acids is 1. The predicted molar refractivity (Wildman–Crippen MR) is 58.0 cm³/mol. The van der Waals surface area contributed by atoms with Crippen LogP contribution in [0.4, 0.5) is 0 Å². The van der Waals surface area contributed by atoms with Gasteiger partial charge in [-0.1, -0.05) is 12.2 Å². The Hall–Kier alpha value is -1.51. The van der Waals surface area contributed by atoms with E-state index >= 15 is 0 Å². The first-order chi connectivity index (χ1) is 7.18. The van der Waals surface area contributed by atoms with Crippen LogP contribution in [0.3, 0.4) is 0 Å². The van der Waals surface area contributed by atoms with Crippen LogP contribution in [-0.4, -0.2) is 15.6 Å². The highest BCUT2D eigenvalue weighted by atomic mass is 16.4. The monoisotopic (exact) mass is 205 g/mol. The Labute approximate surface area is 89.0 Å². The molecule has 0 bridgehead atoms. The molecule has 0 spiro atoms. The van der Waals surface area contributed by atoms with Gasteiger partial charge in [-0.25, -0.2) is 4.79 Å². The van der Waals surface area contributed by atoms with E-state index in [0.29, 0.717) is 11.5 Å². The van der Waals surface area contributed by atoms with Crippen LogP contribution in [-0.2, 0) is 6.54 Å². The lowest BCUT2D eigenvalue weighted by Crippen LogP contribution is -2.09. The molecule has 15 heavy (non-hydrogen) atoms. The second-order valence-corrected chi connectivity index (χ2v) is 4.08. The van der Waals surface area contributed by atoms with E-state index < -0.39 is 5.97 Å². The number of rotatable bonds is 3. The highest BCUT2D eigenvalue weighted by molar-refractivity contribution is 5.88. The van der Waals surface area contributed by atoms with Gasteiger partial charge in [-0.3, -0.25) is 0 Å². The molecular weight excluding hydrogens is 190 g/mol. The van der Waals surface area contributed by atoms with E-state index in [1.165, 1.54) is 0 Å². The number of hydrogen-bond donors (Lipinski definition) is 1. The molecule has 1 aromatic rings. The van der Waals surface area contributed by atoms with Gasteiger partial charge in [0.05, 0.1) is 5.56 Å². The van der Waals surface area contributed by atoms with Crippen LogP contribution in [0.5, 0.6) is 0 Å². The third-order valence-electron chi connectivity index (χ3n) is 3.03. The standard InChI is InChI=1S/C12H15NO2/c1-9-11(12(14)15)6-7-13(9)8-10-4-2-3-5-10/h2-3,6-7,10H,4-5,8H2,1H3,(H,14,15). The van der Waals surface area contributed by atoms with E-state index in [1.807, 2.05) is 17.7 Å². The largest absolute Gasteiger partial charge is 0.478 e. The van der Waals surface area contributed by atoms with Crippen LogP contribution < -0.4 is 0 Å². The molecule has 0 saturated carbocycles. The van der Waals surface area contributed by atoms with E-state index in [2.05, 4.69) is 12.2 Å². The summed E-state index contributed by atoms with van der Waals surface area (Å²) in [5, 5.41) is 8.91. The first kappa shape index (κ1) is 10.0. The second-order valence-electron chi connectivity index (χ2n) is 4.08. The summed E-state index contributed by atoms with van der Waals surface area (Å²) in [5.41, 5.74) is 1.27. The summed E-state index contributed by atoms with van der Waals surface area (Å²) in [6, 6.07) is 1.68. The molecule has 0 atom stereocenters. The summed E-state index contributed by atoms with van der Waals surface area (Å²) in [7, 11) is 0. The molecule has 0 fully saturated rings. The minimum absolute atomic E-state index is 0.418. The summed E-state index contributed by atoms with van der Waals surface area (Å²) >= 11 is 0. The van der Waals surface area contributed by atoms with Gasteiger partial charge in [0.15, 0.2) is 0 Å². The third kappa shape index (κ3) is 1.96. The average Bonchev–Trinajstić information content (AvgIpc) is 2.78. The maximum absolute atomic E-state index is 10.8. The Balaban J connectivity index is 2.11. The Morgan fingerprint density at radius 2 is 2.20 bits per heavy atom. The minimum atomic E-state index is -0.837. The smallest absolute Gasteiger partial charge is 0.337 e. The fraction of sp³-hybridized carbons (Fsp3) is 0.417. The van der Waals surface area contributed by atoms with Gasteiger partial charge in [-0.05, 0) is 31.7 Å². The topological polar surface area (TPSA) is 42.2 Å². The number of hydrogen-bond acceptors (Lipinski definition) is 1. The normalized spacial score (nSPS) is 16.1. The van der Waals surface area contributed by atoms with Crippen LogP contribution in [0.25, 0.3) is 0 Å². The lowest BCUT2D eigenvalue weighted by atomic mass is 10.1. The molecule has 1 aliphatic carbocycles. The van der Waals surface area contributed by atoms with E-state index in [4.69, 9.17) is 5.11 Å². The van der Waals surface area contributed by atoms with Gasteiger partial charge in [-0.15, -0.1) is 0 Å². The number of allylic oxidation sites excluding steroid dienone is 2. The summed E-state index contributed by atoms with van der Waals surface area (Å²) in [6.07, 6.45) is 8.49. The van der Waals surface area contributed by atoms with Crippen molar-refractivity contribution in [2.45, 2.75) is 26.3 Å². The van der Waals surface area contributed by atoms with E-state index in [1.54, 1.807) is 6.07 Å². The molecule has 0 aromatic carbocycles. The van der Waals surface area contributed by atoms with Crippen molar-refractivity contribution < 1.29 is 9.90 Å². The Bertz CT molecular complexity index is 396. The van der Waals surface area contributed by atoms with Gasteiger partial charge in [-0.2, -0.15) is 0 Å². The van der Waals surface area contributed by atoms with Crippen molar-refractivity contribution in [2.75, 3.05) is 0 Å². The van der Waals surface area contributed by atoms with Crippen LogP contribution in [0, 0.1) is 12.8 Å². The molecular formula is C12H15NO2. The molecule has 0 saturated heterocycles. The lowest BCUT2D eigenvalue weighted by molar-refractivity contribution is 0.0696. The van der Waals surface area contributed by atoms with Gasteiger partial charge in [0.25, 0.3) is 0 Å². The van der Waals surface area contributed by atoms with Gasteiger partial charge >= 0.3 is 5.97 Å². The molecule has 0 radical (unpaired) electrons. The summed E-state index contributed by atoms with van der Waals surface area (Å²) < 4.78 is 2.04. The van der Waals surface area contributed by atoms with Crippen LogP contribution in [0.1, 0.15) is 28.9 Å². The lowest BCUT2D eigenvalue weighted by Gasteiger charge is -2.12. The Morgan fingerprint density at radius 1 is 1.53 bits per heavy atom. The molecule has 0 unspecified atom stereocenters. The number of carboxylic acids is 1. The molecule has 2 rings (SSSR count). The Morgan fingerprint density at radius 3 is 2.73 bits per heavy atom. The van der Waals surface area contributed by atoms with E-state index in [0.717, 1.165) is 25.1 Å². The summed E-state index contributed by atoms with van der Waals surface area (Å²) in [6.45, 7) is 2.79. The minimum Gasteiger partial charge on any atom is -0.478 e. The first-order valence-electron chi connectivity index (χ1n) is 5.22. The van der Waals surface area contributed by atoms with Crippen LogP contribution >= 0.6 is 0 Å². The van der Waals surface area contributed by atoms with E-state index in [-0.39, 0.29) is 0 Å². The molecule has 0 aliphatic heterocycles. The number of nitrogens with zero attached hydrogens (tertiary/aromatic N) is 1. The summed E-state index contributed by atoms with van der Waals surface area (Å²) in [4.78, 5) is 10.8. The van der Waals surface area contributed by atoms with Crippen molar-refractivity contribution in [3.05, 3.63) is 35.7 Å². The molecule has 3 nitrogen and oxygen atoms in total. The van der Waals surface area contributed by atoms with Crippen molar-refractivity contribution in [3.8, 4) is 0 Å². The molecule has 0 amide bonds. The Kier molecular flexibility index (Phi) is 2.62. The van der Waals surface area contributed by atoms with Gasteiger partial charge in [0, 0.05) is 18.4 Å². The molecule has 80 valence electrons. The molecule has 1 heterocycles. The van der Waals surface area contributed by atoms with Crippen molar-refractivity contribution in [1.29, 1.82) is 0 Å².